The maximum absolute atomic E-state index is 11.8. The van der Waals surface area contributed by atoms with Crippen LogP contribution in [-0.4, -0.2) is 73.5 Å². The fourth-order valence-electron chi connectivity index (χ4n) is 3.62. The zero-order valence-corrected chi connectivity index (χ0v) is 18.4. The summed E-state index contributed by atoms with van der Waals surface area (Å²) in [6.07, 6.45) is -1.46. The number of nitrogens with zero attached hydrogens (tertiary/aromatic N) is 5. The van der Waals surface area contributed by atoms with E-state index in [0.717, 1.165) is 0 Å². The normalized spacial score (nSPS) is 22.6. The Labute approximate surface area is 192 Å². The lowest BCUT2D eigenvalue weighted by molar-refractivity contribution is -0.165. The monoisotopic (exact) mass is 471 g/mol. The van der Waals surface area contributed by atoms with Gasteiger partial charge in [0.25, 0.3) is 0 Å². The number of hydrogen-bond donors (Lipinski definition) is 1. The molecule has 1 fully saturated rings. The maximum atomic E-state index is 11.8. The first-order valence-electron chi connectivity index (χ1n) is 10.2. The molecule has 0 radical (unpaired) electrons. The highest BCUT2D eigenvalue weighted by molar-refractivity contribution is 5.68. The first-order chi connectivity index (χ1) is 16.2. The summed E-state index contributed by atoms with van der Waals surface area (Å²) < 4.78 is 23.2. The van der Waals surface area contributed by atoms with Crippen molar-refractivity contribution in [2.75, 3.05) is 6.61 Å². The van der Waals surface area contributed by atoms with Gasteiger partial charge in [-0.3, -0.25) is 18.8 Å². The van der Waals surface area contributed by atoms with Gasteiger partial charge in [-0.2, -0.15) is 0 Å². The van der Waals surface area contributed by atoms with E-state index in [1.807, 2.05) is 0 Å². The Bertz CT molecular complexity index is 1290. The van der Waals surface area contributed by atoms with E-state index in [0.29, 0.717) is 11.3 Å². The number of esters is 3. The lowest BCUT2D eigenvalue weighted by Gasteiger charge is -2.22. The zero-order valence-electron chi connectivity index (χ0n) is 18.4. The minimum absolute atomic E-state index is 0.0374. The molecule has 0 aliphatic carbocycles. The van der Waals surface area contributed by atoms with Crippen LogP contribution in [0.15, 0.2) is 35.7 Å². The quantitative estimate of drug-likeness (QED) is 0.302. The Balaban J connectivity index is 1.80. The average Bonchev–Trinajstić information content (AvgIpc) is 3.08. The van der Waals surface area contributed by atoms with E-state index in [-0.39, 0.29) is 23.7 Å². The minimum Gasteiger partial charge on any atom is -0.492 e. The van der Waals surface area contributed by atoms with Gasteiger partial charge in [-0.05, 0) is 12.1 Å². The molecule has 0 aromatic carbocycles. The largest absolute Gasteiger partial charge is 0.492 e. The Morgan fingerprint density at radius 2 is 1.82 bits per heavy atom. The van der Waals surface area contributed by atoms with Gasteiger partial charge in [-0.1, -0.05) is 6.07 Å². The van der Waals surface area contributed by atoms with Gasteiger partial charge in [-0.15, -0.1) is 0 Å². The summed E-state index contributed by atoms with van der Waals surface area (Å²) in [4.78, 5) is 51.8. The first kappa shape index (κ1) is 23.0. The Morgan fingerprint density at radius 3 is 2.53 bits per heavy atom. The van der Waals surface area contributed by atoms with Gasteiger partial charge in [0, 0.05) is 27.0 Å². The molecule has 3 aliphatic heterocycles. The molecule has 178 valence electrons. The van der Waals surface area contributed by atoms with E-state index >= 15 is 0 Å². The van der Waals surface area contributed by atoms with Crippen LogP contribution in [-0.2, 0) is 33.3 Å². The maximum Gasteiger partial charge on any atom is 0.303 e. The van der Waals surface area contributed by atoms with E-state index in [1.165, 1.54) is 27.1 Å². The smallest absolute Gasteiger partial charge is 0.303 e. The molecule has 34 heavy (non-hydrogen) atoms. The van der Waals surface area contributed by atoms with Crippen LogP contribution in [0.4, 0.5) is 0 Å². The SMILES string of the molecule is CC(=O)OC[C@H]1O[C@H](/N=c2\ncnc3n4ccccc4c(O)nc2-3)[C@H](OC(C)=O)[C@@H]1OC(C)=O. The number of ether oxygens (including phenoxy) is 4. The number of carbonyl (C=O) groups excluding carboxylic acids is 3. The second-order valence-corrected chi connectivity index (χ2v) is 7.41. The average molecular weight is 471 g/mol. The van der Waals surface area contributed by atoms with Crippen LogP contribution in [0.2, 0.25) is 0 Å². The molecule has 4 heterocycles. The molecule has 4 atom stereocenters. The molecule has 0 spiro atoms. The summed E-state index contributed by atoms with van der Waals surface area (Å²) in [6, 6.07) is 5.16. The Hall–Kier alpha value is -4.13. The van der Waals surface area contributed by atoms with Gasteiger partial charge in [0.15, 0.2) is 35.4 Å². The summed E-state index contributed by atoms with van der Waals surface area (Å²) in [6.45, 7) is 3.32. The second-order valence-electron chi connectivity index (χ2n) is 7.41. The highest BCUT2D eigenvalue weighted by Crippen LogP contribution is 2.29. The summed E-state index contributed by atoms with van der Waals surface area (Å²) in [7, 11) is 0. The topological polar surface area (TPSA) is 164 Å². The highest BCUT2D eigenvalue weighted by atomic mass is 16.7. The molecule has 0 saturated carbocycles. The fraction of sp³-hybridized carbons (Fsp3) is 0.381. The molecule has 13 heteroatoms. The zero-order chi connectivity index (χ0) is 24.4. The van der Waals surface area contributed by atoms with Gasteiger partial charge < -0.3 is 24.1 Å². The van der Waals surface area contributed by atoms with Crippen LogP contribution in [0.25, 0.3) is 17.0 Å². The molecular formula is C21H21N5O8. The first-order valence-corrected chi connectivity index (χ1v) is 10.2. The van der Waals surface area contributed by atoms with Crippen molar-refractivity contribution in [3.8, 4) is 17.4 Å². The van der Waals surface area contributed by atoms with Crippen LogP contribution >= 0.6 is 0 Å². The van der Waals surface area contributed by atoms with Crippen molar-refractivity contribution in [1.82, 2.24) is 19.4 Å². The molecule has 3 aliphatic rings. The molecular weight excluding hydrogens is 450 g/mol. The van der Waals surface area contributed by atoms with Gasteiger partial charge in [-0.25, -0.2) is 19.9 Å². The molecule has 4 rings (SSSR count). The third kappa shape index (κ3) is 4.64. The standard InChI is InChI=1S/C21H21N5O8/c1-10(27)31-8-14-16(32-11(2)28)17(33-12(3)29)21(34-14)25-18-15-19(23-9-22-18)26-7-5-4-6-13(26)20(30)24-15/h4-7,9,14,16-17,21,30H,8H2,1-3H3/b25-18-/t14-,16-,17-,21+/m1/s1. The Morgan fingerprint density at radius 1 is 1.09 bits per heavy atom. The third-order valence-electron chi connectivity index (χ3n) is 4.91. The number of aromatic hydroxyl groups is 1. The third-order valence-corrected chi connectivity index (χ3v) is 4.91. The number of hydrogen-bond acceptors (Lipinski definition) is 12. The van der Waals surface area contributed by atoms with Crippen molar-refractivity contribution in [1.29, 1.82) is 0 Å². The van der Waals surface area contributed by atoms with Crippen LogP contribution in [0.1, 0.15) is 20.8 Å². The van der Waals surface area contributed by atoms with Crippen molar-refractivity contribution in [2.45, 2.75) is 45.3 Å². The number of aromatic nitrogens is 4. The minimum atomic E-state index is -1.19. The van der Waals surface area contributed by atoms with E-state index in [2.05, 4.69) is 19.9 Å². The predicted molar refractivity (Wildman–Crippen MR) is 111 cm³/mol. The van der Waals surface area contributed by atoms with Gasteiger partial charge >= 0.3 is 17.9 Å². The molecule has 13 nitrogen and oxygen atoms in total. The number of fused-ring (bicyclic) bond motifs is 3. The molecule has 1 aromatic heterocycles. The Kier molecular flexibility index (Phi) is 6.36. The van der Waals surface area contributed by atoms with Gasteiger partial charge in [0.2, 0.25) is 5.88 Å². The lowest BCUT2D eigenvalue weighted by Crippen LogP contribution is -2.41. The van der Waals surface area contributed by atoms with Crippen LogP contribution in [0.5, 0.6) is 5.88 Å². The van der Waals surface area contributed by atoms with E-state index in [1.54, 1.807) is 28.8 Å². The fourth-order valence-corrected chi connectivity index (χ4v) is 3.62. The lowest BCUT2D eigenvalue weighted by atomic mass is 10.1. The van der Waals surface area contributed by atoms with Crippen LogP contribution in [0, 0.1) is 0 Å². The van der Waals surface area contributed by atoms with Crippen LogP contribution < -0.4 is 5.49 Å². The van der Waals surface area contributed by atoms with Crippen molar-refractivity contribution < 1.29 is 38.4 Å². The van der Waals surface area contributed by atoms with Crippen molar-refractivity contribution >= 4 is 23.4 Å². The van der Waals surface area contributed by atoms with Crippen molar-refractivity contribution in [2.24, 2.45) is 4.99 Å². The molecule has 1 saturated heterocycles. The highest BCUT2D eigenvalue weighted by Gasteiger charge is 2.50. The number of pyridine rings is 1. The summed E-state index contributed by atoms with van der Waals surface area (Å²) in [5, 5.41) is 10.4. The second kappa shape index (κ2) is 9.39. The molecule has 0 amide bonds. The van der Waals surface area contributed by atoms with Gasteiger partial charge in [0.05, 0.1) is 0 Å². The summed E-state index contributed by atoms with van der Waals surface area (Å²) in [5.41, 5.74) is 0.614. The molecule has 0 bridgehead atoms. The molecule has 1 aromatic rings. The summed E-state index contributed by atoms with van der Waals surface area (Å²) >= 11 is 0. The van der Waals surface area contributed by atoms with Crippen molar-refractivity contribution in [3.63, 3.8) is 0 Å². The van der Waals surface area contributed by atoms with Crippen molar-refractivity contribution in [3.05, 3.63) is 36.2 Å². The molecule has 1 N–H and O–H groups in total. The summed E-state index contributed by atoms with van der Waals surface area (Å²) in [5.74, 6) is -1.80. The number of carbonyl (C=O) groups is 3. The van der Waals surface area contributed by atoms with Gasteiger partial charge in [0.1, 0.15) is 24.6 Å². The van der Waals surface area contributed by atoms with E-state index in [4.69, 9.17) is 18.9 Å². The number of rotatable bonds is 5. The van der Waals surface area contributed by atoms with Crippen LogP contribution in [0.3, 0.4) is 0 Å². The predicted octanol–water partition coefficient (Wildman–Crippen LogP) is -0.0132. The molecule has 0 unspecified atom stereocenters. The van der Waals surface area contributed by atoms with E-state index in [9.17, 15) is 19.5 Å². The van der Waals surface area contributed by atoms with E-state index < -0.39 is 42.4 Å².